The average Bonchev–Trinajstić information content (AvgIpc) is 2.33. The molecule has 0 fully saturated rings. The molecular formula is C15H17BrN2O. The molecule has 0 atom stereocenters. The Morgan fingerprint density at radius 2 is 2.00 bits per heavy atom. The van der Waals surface area contributed by atoms with Crippen molar-refractivity contribution in [1.82, 2.24) is 10.3 Å². The number of hydrogen-bond donors (Lipinski definition) is 1. The van der Waals surface area contributed by atoms with E-state index in [4.69, 9.17) is 4.74 Å². The van der Waals surface area contributed by atoms with E-state index in [1.165, 1.54) is 5.56 Å². The van der Waals surface area contributed by atoms with Crippen molar-refractivity contribution in [3.8, 4) is 11.6 Å². The molecule has 0 radical (unpaired) electrons. The number of benzene rings is 1. The number of pyridine rings is 1. The Kier molecular flexibility index (Phi) is 4.56. The van der Waals surface area contributed by atoms with E-state index in [1.54, 1.807) is 0 Å². The molecule has 0 bridgehead atoms. The molecule has 1 aromatic heterocycles. The molecule has 0 spiro atoms. The monoisotopic (exact) mass is 320 g/mol. The molecule has 1 heterocycles. The molecule has 2 rings (SSSR count). The number of halogens is 1. The fourth-order valence-corrected chi connectivity index (χ4v) is 2.11. The summed E-state index contributed by atoms with van der Waals surface area (Å²) in [5, 5.41) is 3.13. The summed E-state index contributed by atoms with van der Waals surface area (Å²) >= 11 is 3.48. The number of rotatable bonds is 4. The molecular weight excluding hydrogens is 304 g/mol. The van der Waals surface area contributed by atoms with Gasteiger partial charge in [0.25, 0.3) is 0 Å². The maximum atomic E-state index is 5.82. The highest BCUT2D eigenvalue weighted by Gasteiger charge is 2.04. The normalized spacial score (nSPS) is 10.5. The van der Waals surface area contributed by atoms with Crippen LogP contribution in [-0.4, -0.2) is 12.0 Å². The number of hydrogen-bond acceptors (Lipinski definition) is 3. The van der Waals surface area contributed by atoms with Crippen LogP contribution in [0.5, 0.6) is 11.6 Å². The number of nitrogens with zero attached hydrogens (tertiary/aromatic N) is 1. The van der Waals surface area contributed by atoms with Crippen molar-refractivity contribution in [1.29, 1.82) is 0 Å². The number of aromatic nitrogens is 1. The molecule has 1 aromatic carbocycles. The zero-order valence-electron chi connectivity index (χ0n) is 11.3. The number of nitrogens with one attached hydrogen (secondary N) is 1. The predicted octanol–water partition coefficient (Wildman–Crippen LogP) is 3.97. The van der Waals surface area contributed by atoms with Gasteiger partial charge in [-0.2, -0.15) is 0 Å². The van der Waals surface area contributed by atoms with Crippen molar-refractivity contribution in [3.05, 3.63) is 51.6 Å². The second-order valence-corrected chi connectivity index (χ2v) is 5.35. The minimum absolute atomic E-state index is 0.631. The molecule has 0 aliphatic heterocycles. The molecule has 100 valence electrons. The third-order valence-electron chi connectivity index (χ3n) is 2.72. The Morgan fingerprint density at radius 1 is 1.21 bits per heavy atom. The quantitative estimate of drug-likeness (QED) is 0.925. The van der Waals surface area contributed by atoms with Gasteiger partial charge in [0.1, 0.15) is 5.75 Å². The Balaban J connectivity index is 2.24. The summed E-state index contributed by atoms with van der Waals surface area (Å²) in [6.07, 6.45) is 0. The predicted molar refractivity (Wildman–Crippen MR) is 80.7 cm³/mol. The third-order valence-corrected chi connectivity index (χ3v) is 3.61. The van der Waals surface area contributed by atoms with Gasteiger partial charge in [-0.05, 0) is 56.3 Å². The second kappa shape index (κ2) is 6.17. The highest BCUT2D eigenvalue weighted by molar-refractivity contribution is 9.10. The van der Waals surface area contributed by atoms with Crippen molar-refractivity contribution in [2.75, 3.05) is 7.05 Å². The van der Waals surface area contributed by atoms with E-state index >= 15 is 0 Å². The van der Waals surface area contributed by atoms with Gasteiger partial charge in [0, 0.05) is 22.8 Å². The van der Waals surface area contributed by atoms with Crippen molar-refractivity contribution in [3.63, 3.8) is 0 Å². The van der Waals surface area contributed by atoms with E-state index in [1.807, 2.05) is 45.2 Å². The molecule has 0 saturated carbocycles. The molecule has 2 aromatic rings. The Hall–Kier alpha value is -1.39. The van der Waals surface area contributed by atoms with Crippen molar-refractivity contribution in [2.45, 2.75) is 20.4 Å². The summed E-state index contributed by atoms with van der Waals surface area (Å²) in [4.78, 5) is 4.40. The fourth-order valence-electron chi connectivity index (χ4n) is 1.87. The molecule has 3 nitrogen and oxygen atoms in total. The lowest BCUT2D eigenvalue weighted by Crippen LogP contribution is -2.06. The SMILES string of the molecule is CNCc1cc(C)nc(Oc2ccc(Br)c(C)c2)c1. The van der Waals surface area contributed by atoms with Gasteiger partial charge < -0.3 is 10.1 Å². The molecule has 0 aliphatic rings. The first-order valence-electron chi connectivity index (χ1n) is 6.14. The lowest BCUT2D eigenvalue weighted by Gasteiger charge is -2.09. The van der Waals surface area contributed by atoms with Gasteiger partial charge in [-0.15, -0.1) is 0 Å². The van der Waals surface area contributed by atoms with Crippen molar-refractivity contribution < 1.29 is 4.74 Å². The van der Waals surface area contributed by atoms with Crippen molar-refractivity contribution >= 4 is 15.9 Å². The number of ether oxygens (including phenoxy) is 1. The summed E-state index contributed by atoms with van der Waals surface area (Å²) in [6.45, 7) is 4.81. The van der Waals surface area contributed by atoms with Crippen LogP contribution in [0.25, 0.3) is 0 Å². The smallest absolute Gasteiger partial charge is 0.219 e. The Morgan fingerprint density at radius 3 is 2.68 bits per heavy atom. The van der Waals surface area contributed by atoms with E-state index in [0.717, 1.165) is 28.0 Å². The molecule has 0 aliphatic carbocycles. The fraction of sp³-hybridized carbons (Fsp3) is 0.267. The van der Waals surface area contributed by atoms with Crippen LogP contribution in [0.2, 0.25) is 0 Å². The van der Waals surface area contributed by atoms with E-state index < -0.39 is 0 Å². The van der Waals surface area contributed by atoms with Crippen molar-refractivity contribution in [2.24, 2.45) is 0 Å². The molecule has 1 N–H and O–H groups in total. The summed E-state index contributed by atoms with van der Waals surface area (Å²) < 4.78 is 6.90. The summed E-state index contributed by atoms with van der Waals surface area (Å²) in [6, 6.07) is 9.91. The summed E-state index contributed by atoms with van der Waals surface area (Å²) in [5.41, 5.74) is 3.26. The van der Waals surface area contributed by atoms with Crippen LogP contribution in [0.3, 0.4) is 0 Å². The van der Waals surface area contributed by atoms with E-state index in [9.17, 15) is 0 Å². The minimum Gasteiger partial charge on any atom is -0.439 e. The van der Waals surface area contributed by atoms with Crippen LogP contribution in [0, 0.1) is 13.8 Å². The minimum atomic E-state index is 0.631. The van der Waals surface area contributed by atoms with Gasteiger partial charge >= 0.3 is 0 Å². The molecule has 0 saturated heterocycles. The first-order chi connectivity index (χ1) is 9.08. The largest absolute Gasteiger partial charge is 0.439 e. The Bertz CT molecular complexity index is 584. The first kappa shape index (κ1) is 14.0. The van der Waals surface area contributed by atoms with Crippen LogP contribution < -0.4 is 10.1 Å². The molecule has 4 heteroatoms. The van der Waals surface area contributed by atoms with Crippen LogP contribution in [0.15, 0.2) is 34.8 Å². The van der Waals surface area contributed by atoms with Crippen LogP contribution in [-0.2, 0) is 6.54 Å². The average molecular weight is 321 g/mol. The zero-order valence-corrected chi connectivity index (χ0v) is 12.9. The van der Waals surface area contributed by atoms with Gasteiger partial charge in [0.15, 0.2) is 0 Å². The highest BCUT2D eigenvalue weighted by Crippen LogP contribution is 2.25. The summed E-state index contributed by atoms with van der Waals surface area (Å²) in [5.74, 6) is 1.43. The van der Waals surface area contributed by atoms with Crippen LogP contribution >= 0.6 is 15.9 Å². The summed E-state index contributed by atoms with van der Waals surface area (Å²) in [7, 11) is 1.92. The van der Waals surface area contributed by atoms with Gasteiger partial charge in [-0.1, -0.05) is 15.9 Å². The number of aryl methyl sites for hydroxylation is 2. The lowest BCUT2D eigenvalue weighted by atomic mass is 10.2. The highest BCUT2D eigenvalue weighted by atomic mass is 79.9. The standard InChI is InChI=1S/C15H17BrN2O/c1-10-6-13(4-5-14(10)16)19-15-8-12(9-17-3)7-11(2)18-15/h4-8,17H,9H2,1-3H3. The topological polar surface area (TPSA) is 34.2 Å². The van der Waals surface area contributed by atoms with Crippen LogP contribution in [0.1, 0.15) is 16.8 Å². The lowest BCUT2D eigenvalue weighted by molar-refractivity contribution is 0.460. The van der Waals surface area contributed by atoms with E-state index in [0.29, 0.717) is 5.88 Å². The van der Waals surface area contributed by atoms with Gasteiger partial charge in [0.2, 0.25) is 5.88 Å². The third kappa shape index (κ3) is 3.78. The Labute approximate surface area is 122 Å². The molecule has 0 unspecified atom stereocenters. The van der Waals surface area contributed by atoms with Gasteiger partial charge in [0.05, 0.1) is 0 Å². The second-order valence-electron chi connectivity index (χ2n) is 4.50. The molecule has 0 amide bonds. The maximum absolute atomic E-state index is 5.82. The van der Waals surface area contributed by atoms with E-state index in [-0.39, 0.29) is 0 Å². The maximum Gasteiger partial charge on any atom is 0.219 e. The van der Waals surface area contributed by atoms with Crippen LogP contribution in [0.4, 0.5) is 0 Å². The first-order valence-corrected chi connectivity index (χ1v) is 6.94. The molecule has 19 heavy (non-hydrogen) atoms. The zero-order chi connectivity index (χ0) is 13.8. The van der Waals surface area contributed by atoms with Gasteiger partial charge in [-0.25, -0.2) is 4.98 Å². The van der Waals surface area contributed by atoms with E-state index in [2.05, 4.69) is 32.3 Å². The van der Waals surface area contributed by atoms with Gasteiger partial charge in [-0.3, -0.25) is 0 Å².